The smallest absolute Gasteiger partial charge is 0.225 e. The van der Waals surface area contributed by atoms with Crippen molar-refractivity contribution in [3.8, 4) is 0 Å². The Labute approximate surface area is 144 Å². The van der Waals surface area contributed by atoms with Gasteiger partial charge in [0.25, 0.3) is 0 Å². The van der Waals surface area contributed by atoms with Crippen molar-refractivity contribution in [1.29, 1.82) is 0 Å². The summed E-state index contributed by atoms with van der Waals surface area (Å²) in [6.45, 7) is 1.89. The van der Waals surface area contributed by atoms with E-state index in [2.05, 4.69) is 20.2 Å². The number of hydrogen-bond acceptors (Lipinski definition) is 8. The lowest BCUT2D eigenvalue weighted by Gasteiger charge is -2.31. The fourth-order valence-electron chi connectivity index (χ4n) is 2.88. The molecule has 8 heteroatoms. The summed E-state index contributed by atoms with van der Waals surface area (Å²) in [5.41, 5.74) is 0.721. The van der Waals surface area contributed by atoms with E-state index in [0.717, 1.165) is 36.5 Å². The Bertz CT molecular complexity index is 644. The Morgan fingerprint density at radius 1 is 1.46 bits per heavy atom. The van der Waals surface area contributed by atoms with E-state index in [1.807, 2.05) is 6.08 Å². The number of ketones is 1. The van der Waals surface area contributed by atoms with Gasteiger partial charge in [-0.1, -0.05) is 0 Å². The highest BCUT2D eigenvalue weighted by atomic mass is 32.2. The van der Waals surface area contributed by atoms with Crippen LogP contribution in [-0.2, 0) is 9.59 Å². The number of Topliss-reactive ketones (excluding diaryl/α,β-unsaturated/α-hetero) is 1. The molecule has 2 fully saturated rings. The van der Waals surface area contributed by atoms with Crippen LogP contribution in [0.3, 0.4) is 0 Å². The van der Waals surface area contributed by atoms with Gasteiger partial charge in [0.2, 0.25) is 11.7 Å². The molecule has 1 aromatic rings. The molecule has 1 unspecified atom stereocenters. The number of rotatable bonds is 5. The molecule has 2 aliphatic rings. The van der Waals surface area contributed by atoms with Crippen LogP contribution in [0.25, 0.3) is 6.08 Å². The topological polar surface area (TPSA) is 95.4 Å². The largest absolute Gasteiger partial charge is 0.396 e. The molecule has 2 N–H and O–H groups in total. The second-order valence-corrected chi connectivity index (χ2v) is 6.94. The number of hydrogen-bond donors (Lipinski definition) is 2. The molecule has 0 saturated carbocycles. The van der Waals surface area contributed by atoms with Crippen molar-refractivity contribution < 1.29 is 14.7 Å². The van der Waals surface area contributed by atoms with Crippen LogP contribution in [-0.4, -0.2) is 58.8 Å². The zero-order valence-corrected chi connectivity index (χ0v) is 14.0. The quantitative estimate of drug-likeness (QED) is 0.585. The van der Waals surface area contributed by atoms with Gasteiger partial charge in [0, 0.05) is 36.7 Å². The van der Waals surface area contributed by atoms with Gasteiger partial charge >= 0.3 is 0 Å². The highest BCUT2D eigenvalue weighted by Gasteiger charge is 2.27. The second kappa shape index (κ2) is 7.87. The summed E-state index contributed by atoms with van der Waals surface area (Å²) in [5, 5.41) is 12.2. The number of carbonyl (C=O) groups excluding carboxylic acids is 2. The third-order valence-corrected chi connectivity index (χ3v) is 5.32. The molecule has 1 atom stereocenters. The van der Waals surface area contributed by atoms with Gasteiger partial charge < -0.3 is 10.0 Å². The summed E-state index contributed by atoms with van der Waals surface area (Å²) in [7, 11) is 0. The summed E-state index contributed by atoms with van der Waals surface area (Å²) < 4.78 is 0. The van der Waals surface area contributed by atoms with Crippen LogP contribution in [0.4, 0.5) is 5.95 Å². The Morgan fingerprint density at radius 2 is 2.25 bits per heavy atom. The van der Waals surface area contributed by atoms with Crippen LogP contribution in [0.2, 0.25) is 0 Å². The molecule has 7 nitrogen and oxygen atoms in total. The molecule has 2 saturated heterocycles. The van der Waals surface area contributed by atoms with Crippen LogP contribution in [0, 0.1) is 5.92 Å². The number of anilines is 1. The van der Waals surface area contributed by atoms with E-state index in [1.165, 1.54) is 11.8 Å². The molecule has 0 spiro atoms. The maximum Gasteiger partial charge on any atom is 0.225 e. The SMILES string of the molecule is O=CC(=O)C1NCS/C1=C\c1ccnc(N2CCC(CO)CC2)n1. The van der Waals surface area contributed by atoms with Crippen LogP contribution in [0.1, 0.15) is 18.5 Å². The van der Waals surface area contributed by atoms with E-state index in [-0.39, 0.29) is 6.61 Å². The van der Waals surface area contributed by atoms with E-state index in [0.29, 0.717) is 24.0 Å². The normalized spacial score (nSPS) is 23.6. The highest BCUT2D eigenvalue weighted by Crippen LogP contribution is 2.28. The minimum Gasteiger partial charge on any atom is -0.396 e. The molecule has 0 aromatic carbocycles. The monoisotopic (exact) mass is 348 g/mol. The number of aliphatic hydroxyl groups is 1. The van der Waals surface area contributed by atoms with E-state index in [4.69, 9.17) is 0 Å². The maximum atomic E-state index is 11.6. The van der Waals surface area contributed by atoms with Crippen molar-refractivity contribution >= 4 is 35.9 Å². The van der Waals surface area contributed by atoms with Crippen molar-refractivity contribution in [3.05, 3.63) is 22.9 Å². The fraction of sp³-hybridized carbons (Fsp3) is 0.500. The first-order valence-corrected chi connectivity index (χ1v) is 8.95. The first-order valence-electron chi connectivity index (χ1n) is 7.97. The molecule has 2 aliphatic heterocycles. The molecule has 128 valence electrons. The number of aromatic nitrogens is 2. The van der Waals surface area contributed by atoms with Crippen molar-refractivity contribution in [3.63, 3.8) is 0 Å². The maximum absolute atomic E-state index is 11.6. The fourth-order valence-corrected chi connectivity index (χ4v) is 3.87. The van der Waals surface area contributed by atoms with Gasteiger partial charge in [0.05, 0.1) is 5.69 Å². The zero-order valence-electron chi connectivity index (χ0n) is 13.2. The van der Waals surface area contributed by atoms with Crippen LogP contribution in [0.5, 0.6) is 0 Å². The molecular formula is C16H20N4O3S. The lowest BCUT2D eigenvalue weighted by atomic mass is 9.98. The molecule has 3 heterocycles. The summed E-state index contributed by atoms with van der Waals surface area (Å²) in [4.78, 5) is 34.2. The Hall–Kier alpha value is -1.77. The summed E-state index contributed by atoms with van der Waals surface area (Å²) >= 11 is 1.50. The third-order valence-electron chi connectivity index (χ3n) is 4.32. The number of piperidine rings is 1. The van der Waals surface area contributed by atoms with Gasteiger partial charge in [-0.2, -0.15) is 0 Å². The lowest BCUT2D eigenvalue weighted by Crippen LogP contribution is -2.35. The third kappa shape index (κ3) is 3.82. The minimum atomic E-state index is -0.564. The number of aliphatic hydroxyl groups excluding tert-OH is 1. The second-order valence-electron chi connectivity index (χ2n) is 5.89. The minimum absolute atomic E-state index is 0.233. The van der Waals surface area contributed by atoms with E-state index < -0.39 is 11.8 Å². The predicted molar refractivity (Wildman–Crippen MR) is 92.5 cm³/mol. The van der Waals surface area contributed by atoms with E-state index >= 15 is 0 Å². The average Bonchev–Trinajstić information content (AvgIpc) is 3.09. The highest BCUT2D eigenvalue weighted by molar-refractivity contribution is 8.03. The predicted octanol–water partition coefficient (Wildman–Crippen LogP) is 0.457. The van der Waals surface area contributed by atoms with Gasteiger partial charge in [-0.05, 0) is 30.9 Å². The van der Waals surface area contributed by atoms with Crippen molar-refractivity contribution in [2.75, 3.05) is 30.5 Å². The van der Waals surface area contributed by atoms with Crippen molar-refractivity contribution in [2.45, 2.75) is 18.9 Å². The average molecular weight is 348 g/mol. The van der Waals surface area contributed by atoms with Crippen LogP contribution in [0.15, 0.2) is 17.2 Å². The molecule has 0 aliphatic carbocycles. The van der Waals surface area contributed by atoms with Gasteiger partial charge in [0.1, 0.15) is 6.04 Å². The van der Waals surface area contributed by atoms with Gasteiger partial charge in [0.15, 0.2) is 6.29 Å². The molecular weight excluding hydrogens is 328 g/mol. The van der Waals surface area contributed by atoms with E-state index in [1.54, 1.807) is 12.3 Å². The van der Waals surface area contributed by atoms with Gasteiger partial charge in [-0.15, -0.1) is 11.8 Å². The number of nitrogens with one attached hydrogen (secondary N) is 1. The first-order chi connectivity index (χ1) is 11.7. The van der Waals surface area contributed by atoms with Crippen molar-refractivity contribution in [2.24, 2.45) is 5.92 Å². The standard InChI is InChI=1S/C16H20N4O3S/c21-8-11-2-5-20(6-3-11)16-17-4-1-12(19-16)7-14-15(13(23)9-22)18-10-24-14/h1,4,7,9,11,15,18,21H,2-3,5-6,8,10H2/b14-7-. The molecule has 24 heavy (non-hydrogen) atoms. The lowest BCUT2D eigenvalue weighted by molar-refractivity contribution is -0.130. The van der Waals surface area contributed by atoms with Crippen molar-refractivity contribution in [1.82, 2.24) is 15.3 Å². The molecule has 0 radical (unpaired) electrons. The number of thioether (sulfide) groups is 1. The van der Waals surface area contributed by atoms with Gasteiger partial charge in [-0.25, -0.2) is 9.97 Å². The number of nitrogens with zero attached hydrogens (tertiary/aromatic N) is 3. The number of aldehydes is 1. The summed E-state index contributed by atoms with van der Waals surface area (Å²) in [5.74, 6) is 1.16. The summed E-state index contributed by atoms with van der Waals surface area (Å²) in [6, 6.07) is 1.23. The van der Waals surface area contributed by atoms with Gasteiger partial charge in [-0.3, -0.25) is 14.9 Å². The molecule has 0 amide bonds. The Balaban J connectivity index is 1.75. The Morgan fingerprint density at radius 3 is 2.96 bits per heavy atom. The first kappa shape index (κ1) is 17.1. The van der Waals surface area contributed by atoms with Crippen LogP contribution >= 0.6 is 11.8 Å². The zero-order chi connectivity index (χ0) is 16.9. The number of carbonyl (C=O) groups is 2. The molecule has 3 rings (SSSR count). The van der Waals surface area contributed by atoms with Crippen LogP contribution < -0.4 is 10.2 Å². The summed E-state index contributed by atoms with van der Waals surface area (Å²) in [6.07, 6.45) is 5.76. The van der Waals surface area contributed by atoms with E-state index in [9.17, 15) is 14.7 Å². The Kier molecular flexibility index (Phi) is 5.60. The molecule has 1 aromatic heterocycles. The molecule has 0 bridgehead atoms.